The number of nitrogens with zero attached hydrogens (tertiary/aromatic N) is 1. The third-order valence-electron chi connectivity index (χ3n) is 6.39. The zero-order chi connectivity index (χ0) is 23.4. The molecule has 0 bridgehead atoms. The van der Waals surface area contributed by atoms with Crippen molar-refractivity contribution in [1.29, 1.82) is 0 Å². The maximum absolute atomic E-state index is 13.7. The van der Waals surface area contributed by atoms with E-state index in [4.69, 9.17) is 9.47 Å². The van der Waals surface area contributed by atoms with Crippen molar-refractivity contribution in [1.82, 2.24) is 0 Å². The van der Waals surface area contributed by atoms with E-state index in [1.807, 2.05) is 78.9 Å². The van der Waals surface area contributed by atoms with Crippen molar-refractivity contribution in [3.8, 4) is 5.75 Å². The van der Waals surface area contributed by atoms with Crippen LogP contribution in [0, 0.1) is 5.92 Å². The minimum Gasteiger partial charge on any atom is -0.497 e. The number of halogens is 1. The van der Waals surface area contributed by atoms with E-state index in [1.54, 1.807) is 7.11 Å². The highest BCUT2D eigenvalue weighted by atomic mass is 79.9. The highest BCUT2D eigenvalue weighted by Crippen LogP contribution is 2.49. The number of carbonyl (C=O) groups is 2. The van der Waals surface area contributed by atoms with Gasteiger partial charge in [-0.15, -0.1) is 0 Å². The average molecular weight is 508 g/mol. The Morgan fingerprint density at radius 1 is 1.00 bits per heavy atom. The summed E-state index contributed by atoms with van der Waals surface area (Å²) in [5.74, 6) is 0.106. The van der Waals surface area contributed by atoms with Gasteiger partial charge in [0.2, 0.25) is 0 Å². The molecule has 1 fully saturated rings. The van der Waals surface area contributed by atoms with Crippen LogP contribution < -0.4 is 9.64 Å². The summed E-state index contributed by atoms with van der Waals surface area (Å²) in [7, 11) is 3.03. The van der Waals surface area contributed by atoms with Crippen LogP contribution in [0.4, 0.5) is 5.69 Å². The van der Waals surface area contributed by atoms with Crippen LogP contribution in [0.1, 0.15) is 28.8 Å². The quantitative estimate of drug-likeness (QED) is 0.306. The van der Waals surface area contributed by atoms with E-state index in [0.717, 1.165) is 21.5 Å². The van der Waals surface area contributed by atoms with E-state index >= 15 is 0 Å². The lowest BCUT2D eigenvalue weighted by molar-refractivity contribution is -0.149. The Hall–Kier alpha value is -3.12. The van der Waals surface area contributed by atoms with Gasteiger partial charge in [-0.2, -0.15) is 0 Å². The number of carbonyl (C=O) groups excluding carboxylic acids is 2. The molecule has 1 heterocycles. The van der Waals surface area contributed by atoms with Gasteiger partial charge in [0.25, 0.3) is 0 Å². The topological polar surface area (TPSA) is 55.8 Å². The molecule has 0 amide bonds. The molecular formula is C27H26BrNO4. The van der Waals surface area contributed by atoms with Crippen molar-refractivity contribution in [2.45, 2.75) is 18.4 Å². The molecule has 3 aromatic carbocycles. The summed E-state index contributed by atoms with van der Waals surface area (Å²) < 4.78 is 11.6. The Labute approximate surface area is 202 Å². The molecule has 0 aromatic heterocycles. The molecule has 0 radical (unpaired) electrons. The Kier molecular flexibility index (Phi) is 6.84. The van der Waals surface area contributed by atoms with Gasteiger partial charge in [0, 0.05) is 34.6 Å². The zero-order valence-corrected chi connectivity index (χ0v) is 20.2. The first-order valence-corrected chi connectivity index (χ1v) is 11.6. The summed E-state index contributed by atoms with van der Waals surface area (Å²) in [6, 6.07) is 24.6. The molecule has 0 aliphatic carbocycles. The molecule has 6 heteroatoms. The SMILES string of the molecule is COC(=O)[C@]1(c2cccc(Br)c2)[C@H](CC(=O)c2ccccc2)CCN1c1ccc(OC)cc1. The van der Waals surface area contributed by atoms with Crippen LogP contribution in [-0.2, 0) is 15.1 Å². The first kappa shape index (κ1) is 23.1. The van der Waals surface area contributed by atoms with Gasteiger partial charge in [-0.1, -0.05) is 58.4 Å². The smallest absolute Gasteiger partial charge is 0.336 e. The van der Waals surface area contributed by atoms with Gasteiger partial charge >= 0.3 is 5.97 Å². The van der Waals surface area contributed by atoms with Crippen LogP contribution in [0.5, 0.6) is 5.75 Å². The monoisotopic (exact) mass is 507 g/mol. The molecule has 33 heavy (non-hydrogen) atoms. The minimum absolute atomic E-state index is 0.0143. The number of hydrogen-bond acceptors (Lipinski definition) is 5. The third kappa shape index (κ3) is 4.27. The first-order valence-electron chi connectivity index (χ1n) is 10.8. The lowest BCUT2D eigenvalue weighted by Gasteiger charge is -2.41. The maximum atomic E-state index is 13.7. The van der Waals surface area contributed by atoms with Crippen molar-refractivity contribution >= 4 is 33.4 Å². The lowest BCUT2D eigenvalue weighted by atomic mass is 9.75. The fraction of sp³-hybridized carbons (Fsp3) is 0.259. The van der Waals surface area contributed by atoms with Crippen LogP contribution in [0.25, 0.3) is 0 Å². The number of Topliss-reactive ketones (excluding diaryl/α,β-unsaturated/α-hetero) is 1. The van der Waals surface area contributed by atoms with Crippen LogP contribution in [0.15, 0.2) is 83.3 Å². The Balaban J connectivity index is 1.84. The van der Waals surface area contributed by atoms with Gasteiger partial charge in [0.15, 0.2) is 11.3 Å². The third-order valence-corrected chi connectivity index (χ3v) is 6.88. The van der Waals surface area contributed by atoms with Gasteiger partial charge in [0.1, 0.15) is 5.75 Å². The molecule has 4 rings (SSSR count). The number of esters is 1. The number of anilines is 1. The van der Waals surface area contributed by atoms with Crippen molar-refractivity contribution in [3.63, 3.8) is 0 Å². The van der Waals surface area contributed by atoms with Crippen molar-refractivity contribution in [3.05, 3.63) is 94.5 Å². The number of benzene rings is 3. The first-order chi connectivity index (χ1) is 16.0. The van der Waals surface area contributed by atoms with Gasteiger partial charge in [-0.25, -0.2) is 4.79 Å². The second-order valence-corrected chi connectivity index (χ2v) is 9.01. The summed E-state index contributed by atoms with van der Waals surface area (Å²) in [5.41, 5.74) is 1.17. The van der Waals surface area contributed by atoms with Crippen LogP contribution >= 0.6 is 15.9 Å². The van der Waals surface area contributed by atoms with E-state index < -0.39 is 5.54 Å². The van der Waals surface area contributed by atoms with E-state index in [9.17, 15) is 9.59 Å². The molecule has 170 valence electrons. The molecule has 0 N–H and O–H groups in total. The summed E-state index contributed by atoms with van der Waals surface area (Å²) in [6.07, 6.45) is 0.907. The molecule has 5 nitrogen and oxygen atoms in total. The predicted octanol–water partition coefficient (Wildman–Crippen LogP) is 5.63. The molecule has 0 unspecified atom stereocenters. The maximum Gasteiger partial charge on any atom is 0.336 e. The van der Waals surface area contributed by atoms with E-state index in [0.29, 0.717) is 18.5 Å². The predicted molar refractivity (Wildman–Crippen MR) is 132 cm³/mol. The second kappa shape index (κ2) is 9.79. The summed E-state index contributed by atoms with van der Waals surface area (Å²) >= 11 is 3.55. The second-order valence-electron chi connectivity index (χ2n) is 8.10. The minimum atomic E-state index is -1.14. The fourth-order valence-corrected chi connectivity index (χ4v) is 5.27. The fourth-order valence-electron chi connectivity index (χ4n) is 4.87. The normalized spacial score (nSPS) is 19.8. The highest BCUT2D eigenvalue weighted by molar-refractivity contribution is 9.10. The Morgan fingerprint density at radius 3 is 2.36 bits per heavy atom. The van der Waals surface area contributed by atoms with E-state index in [2.05, 4.69) is 20.8 Å². The molecular weight excluding hydrogens is 482 g/mol. The molecule has 2 atom stereocenters. The largest absolute Gasteiger partial charge is 0.497 e. The molecule has 1 aliphatic heterocycles. The summed E-state index contributed by atoms with van der Waals surface area (Å²) in [5, 5.41) is 0. The molecule has 3 aromatic rings. The zero-order valence-electron chi connectivity index (χ0n) is 18.7. The van der Waals surface area contributed by atoms with Crippen molar-refractivity contribution in [2.75, 3.05) is 25.7 Å². The number of ether oxygens (including phenoxy) is 2. The Morgan fingerprint density at radius 2 is 1.73 bits per heavy atom. The average Bonchev–Trinajstić information content (AvgIpc) is 3.23. The van der Waals surface area contributed by atoms with Crippen LogP contribution in [0.2, 0.25) is 0 Å². The summed E-state index contributed by atoms with van der Waals surface area (Å²) in [4.78, 5) is 29.0. The standard InChI is InChI=1S/C27H26BrNO4/c1-32-24-13-11-23(12-14-24)29-16-15-21(18-25(30)19-7-4-3-5-8-19)27(29,26(31)33-2)20-9-6-10-22(28)17-20/h3-14,17,21H,15-16,18H2,1-2H3/t21-,27-/m0/s1. The molecule has 1 saturated heterocycles. The van der Waals surface area contributed by atoms with Crippen molar-refractivity contribution < 1.29 is 19.1 Å². The van der Waals surface area contributed by atoms with Gasteiger partial charge < -0.3 is 14.4 Å². The van der Waals surface area contributed by atoms with E-state index in [1.165, 1.54) is 7.11 Å². The number of hydrogen-bond donors (Lipinski definition) is 0. The van der Waals surface area contributed by atoms with Gasteiger partial charge in [0.05, 0.1) is 14.2 Å². The molecule has 0 saturated carbocycles. The van der Waals surface area contributed by atoms with Gasteiger partial charge in [-0.3, -0.25) is 4.79 Å². The summed E-state index contributed by atoms with van der Waals surface area (Å²) in [6.45, 7) is 0.612. The number of ketones is 1. The Bertz CT molecular complexity index is 1130. The lowest BCUT2D eigenvalue weighted by Crippen LogP contribution is -2.53. The van der Waals surface area contributed by atoms with Crippen molar-refractivity contribution in [2.24, 2.45) is 5.92 Å². The molecule has 0 spiro atoms. The number of methoxy groups -OCH3 is 2. The molecule has 1 aliphatic rings. The highest BCUT2D eigenvalue weighted by Gasteiger charge is 2.57. The van der Waals surface area contributed by atoms with E-state index in [-0.39, 0.29) is 24.1 Å². The number of rotatable bonds is 7. The van der Waals surface area contributed by atoms with Crippen LogP contribution in [-0.4, -0.2) is 32.5 Å². The van der Waals surface area contributed by atoms with Gasteiger partial charge in [-0.05, 0) is 48.4 Å². The van der Waals surface area contributed by atoms with Crippen LogP contribution in [0.3, 0.4) is 0 Å².